The molecule has 0 aliphatic rings. The molecule has 0 aromatic carbocycles. The molecule has 0 saturated carbocycles. The normalized spacial score (nSPS) is 15.7. The number of rotatable bonds is 4. The van der Waals surface area contributed by atoms with Gasteiger partial charge in [-0.1, -0.05) is 0 Å². The number of nitrogens with two attached hydrogens (primary N) is 1. The summed E-state index contributed by atoms with van der Waals surface area (Å²) < 4.78 is 5.45. The molecule has 0 bridgehead atoms. The zero-order valence-corrected chi connectivity index (χ0v) is 9.23. The van der Waals surface area contributed by atoms with Gasteiger partial charge in [0.15, 0.2) is 0 Å². The first-order valence-corrected chi connectivity index (χ1v) is 5.45. The smallest absolute Gasteiger partial charge is 0.0739 e. The maximum absolute atomic E-state index is 6.02. The van der Waals surface area contributed by atoms with Gasteiger partial charge in [-0.3, -0.25) is 0 Å². The van der Waals surface area contributed by atoms with Crippen molar-refractivity contribution >= 4 is 11.3 Å². The zero-order valence-electron chi connectivity index (χ0n) is 8.41. The molecule has 3 heteroatoms. The molecule has 74 valence electrons. The van der Waals surface area contributed by atoms with Gasteiger partial charge in [0.2, 0.25) is 0 Å². The molecule has 0 radical (unpaired) electrons. The van der Waals surface area contributed by atoms with Crippen LogP contribution in [0, 0.1) is 6.92 Å². The fraction of sp³-hybridized carbons (Fsp3) is 0.600. The predicted molar refractivity (Wildman–Crippen MR) is 57.1 cm³/mol. The van der Waals surface area contributed by atoms with E-state index in [1.165, 1.54) is 10.4 Å². The lowest BCUT2D eigenvalue weighted by Crippen LogP contribution is -2.25. The van der Waals surface area contributed by atoms with Crippen LogP contribution in [0.2, 0.25) is 0 Å². The van der Waals surface area contributed by atoms with Crippen molar-refractivity contribution in [2.45, 2.75) is 32.9 Å². The lowest BCUT2D eigenvalue weighted by Gasteiger charge is -2.18. The van der Waals surface area contributed by atoms with Gasteiger partial charge in [0.05, 0.1) is 12.1 Å². The summed E-state index contributed by atoms with van der Waals surface area (Å²) in [6.45, 7) is 6.81. The Morgan fingerprint density at radius 3 is 2.77 bits per heavy atom. The average molecular weight is 199 g/mol. The average Bonchev–Trinajstić information content (AvgIpc) is 2.51. The highest BCUT2D eigenvalue weighted by Crippen LogP contribution is 2.22. The van der Waals surface area contributed by atoms with Crippen LogP contribution in [0.5, 0.6) is 0 Å². The molecule has 0 aliphatic heterocycles. The first kappa shape index (κ1) is 10.7. The van der Waals surface area contributed by atoms with Crippen LogP contribution in [-0.2, 0) is 4.74 Å². The van der Waals surface area contributed by atoms with Crippen LogP contribution in [0.1, 0.15) is 30.3 Å². The number of hydrogen-bond donors (Lipinski definition) is 1. The lowest BCUT2D eigenvalue weighted by molar-refractivity contribution is 0.0575. The topological polar surface area (TPSA) is 35.2 Å². The van der Waals surface area contributed by atoms with E-state index in [1.54, 1.807) is 11.3 Å². The van der Waals surface area contributed by atoms with E-state index in [2.05, 4.69) is 18.4 Å². The van der Waals surface area contributed by atoms with Gasteiger partial charge in [-0.25, -0.2) is 0 Å². The Kier molecular flexibility index (Phi) is 3.90. The SMILES string of the molecule is CCOC(C)C(N)c1csc(C)c1. The summed E-state index contributed by atoms with van der Waals surface area (Å²) in [5, 5.41) is 2.11. The Balaban J connectivity index is 2.61. The maximum Gasteiger partial charge on any atom is 0.0739 e. The Labute approximate surface area is 83.7 Å². The van der Waals surface area contributed by atoms with Crippen LogP contribution in [-0.4, -0.2) is 12.7 Å². The standard InChI is InChI=1S/C10H17NOS/c1-4-12-8(3)10(11)9-5-7(2)13-6-9/h5-6,8,10H,4,11H2,1-3H3. The molecule has 2 atom stereocenters. The molecule has 13 heavy (non-hydrogen) atoms. The third-order valence-electron chi connectivity index (χ3n) is 2.07. The fourth-order valence-electron chi connectivity index (χ4n) is 1.28. The quantitative estimate of drug-likeness (QED) is 0.808. The third-order valence-corrected chi connectivity index (χ3v) is 2.95. The van der Waals surface area contributed by atoms with Gasteiger partial charge in [0, 0.05) is 11.5 Å². The third kappa shape index (κ3) is 2.79. The van der Waals surface area contributed by atoms with E-state index in [0.717, 1.165) is 6.61 Å². The number of thiophene rings is 1. The zero-order chi connectivity index (χ0) is 9.84. The van der Waals surface area contributed by atoms with E-state index in [1.807, 2.05) is 13.8 Å². The largest absolute Gasteiger partial charge is 0.377 e. The molecule has 2 unspecified atom stereocenters. The molecule has 0 fully saturated rings. The van der Waals surface area contributed by atoms with Gasteiger partial charge >= 0.3 is 0 Å². The fourth-order valence-corrected chi connectivity index (χ4v) is 2.03. The molecular formula is C10H17NOS. The molecule has 0 aliphatic carbocycles. The minimum atomic E-state index is 0.00454. The van der Waals surface area contributed by atoms with Crippen LogP contribution < -0.4 is 5.73 Å². The summed E-state index contributed by atoms with van der Waals surface area (Å²) in [4.78, 5) is 1.30. The van der Waals surface area contributed by atoms with Crippen LogP contribution in [0.4, 0.5) is 0 Å². The Hall–Kier alpha value is -0.380. The molecule has 1 heterocycles. The Morgan fingerprint density at radius 2 is 2.31 bits per heavy atom. The monoisotopic (exact) mass is 199 g/mol. The second-order valence-corrected chi connectivity index (χ2v) is 4.29. The van der Waals surface area contributed by atoms with E-state index in [0.29, 0.717) is 0 Å². The second-order valence-electron chi connectivity index (χ2n) is 3.18. The highest BCUT2D eigenvalue weighted by atomic mass is 32.1. The van der Waals surface area contributed by atoms with Crippen LogP contribution in [0.25, 0.3) is 0 Å². The van der Waals surface area contributed by atoms with E-state index < -0.39 is 0 Å². The first-order chi connectivity index (χ1) is 6.15. The summed E-state index contributed by atoms with van der Waals surface area (Å²) in [7, 11) is 0. The lowest BCUT2D eigenvalue weighted by atomic mass is 10.1. The molecule has 2 N–H and O–H groups in total. The minimum Gasteiger partial charge on any atom is -0.377 e. The minimum absolute atomic E-state index is 0.00454. The van der Waals surface area contributed by atoms with E-state index >= 15 is 0 Å². The van der Waals surface area contributed by atoms with Crippen LogP contribution in [0.3, 0.4) is 0 Å². The van der Waals surface area contributed by atoms with Gasteiger partial charge in [-0.05, 0) is 37.8 Å². The van der Waals surface area contributed by atoms with Crippen molar-refractivity contribution < 1.29 is 4.74 Å². The molecule has 1 aromatic heterocycles. The van der Waals surface area contributed by atoms with E-state index in [4.69, 9.17) is 10.5 Å². The molecule has 0 saturated heterocycles. The maximum atomic E-state index is 6.02. The summed E-state index contributed by atoms with van der Waals surface area (Å²) in [5.74, 6) is 0. The van der Waals surface area contributed by atoms with Gasteiger partial charge < -0.3 is 10.5 Å². The molecule has 0 amide bonds. The molecule has 1 rings (SSSR count). The summed E-state index contributed by atoms with van der Waals surface area (Å²) in [6.07, 6.45) is 0.0963. The van der Waals surface area contributed by atoms with Crippen molar-refractivity contribution in [2.75, 3.05) is 6.61 Å². The second kappa shape index (κ2) is 4.74. The molecule has 1 aromatic rings. The van der Waals surface area contributed by atoms with Crippen molar-refractivity contribution in [3.63, 3.8) is 0 Å². The highest BCUT2D eigenvalue weighted by Gasteiger charge is 2.15. The van der Waals surface area contributed by atoms with E-state index in [-0.39, 0.29) is 12.1 Å². The van der Waals surface area contributed by atoms with Gasteiger partial charge in [-0.2, -0.15) is 0 Å². The predicted octanol–water partition coefficient (Wildman–Crippen LogP) is 2.48. The Morgan fingerprint density at radius 1 is 1.62 bits per heavy atom. The number of ether oxygens (including phenoxy) is 1. The highest BCUT2D eigenvalue weighted by molar-refractivity contribution is 7.10. The van der Waals surface area contributed by atoms with Crippen molar-refractivity contribution in [1.82, 2.24) is 0 Å². The van der Waals surface area contributed by atoms with Crippen molar-refractivity contribution in [3.8, 4) is 0 Å². The van der Waals surface area contributed by atoms with Crippen molar-refractivity contribution in [2.24, 2.45) is 5.73 Å². The molecule has 0 spiro atoms. The van der Waals surface area contributed by atoms with Gasteiger partial charge in [0.1, 0.15) is 0 Å². The molecular weight excluding hydrogens is 182 g/mol. The molecule has 2 nitrogen and oxygen atoms in total. The van der Waals surface area contributed by atoms with Gasteiger partial charge in [0.25, 0.3) is 0 Å². The number of hydrogen-bond acceptors (Lipinski definition) is 3. The first-order valence-electron chi connectivity index (χ1n) is 4.57. The van der Waals surface area contributed by atoms with Crippen molar-refractivity contribution in [1.29, 1.82) is 0 Å². The Bertz CT molecular complexity index is 259. The summed E-state index contributed by atoms with van der Waals surface area (Å²) >= 11 is 1.73. The van der Waals surface area contributed by atoms with Crippen molar-refractivity contribution in [3.05, 3.63) is 21.9 Å². The summed E-state index contributed by atoms with van der Waals surface area (Å²) in [5.41, 5.74) is 7.20. The van der Waals surface area contributed by atoms with E-state index in [9.17, 15) is 0 Å². The van der Waals surface area contributed by atoms with Gasteiger partial charge in [-0.15, -0.1) is 11.3 Å². The number of aryl methyl sites for hydroxylation is 1. The van der Waals surface area contributed by atoms with Crippen LogP contribution in [0.15, 0.2) is 11.4 Å². The summed E-state index contributed by atoms with van der Waals surface area (Å²) in [6, 6.07) is 2.13. The van der Waals surface area contributed by atoms with Crippen LogP contribution >= 0.6 is 11.3 Å².